The predicted molar refractivity (Wildman–Crippen MR) is 84.4 cm³/mol. The van der Waals surface area contributed by atoms with Gasteiger partial charge in [-0.3, -0.25) is 4.57 Å². The van der Waals surface area contributed by atoms with Crippen molar-refractivity contribution in [2.75, 3.05) is 12.8 Å². The third kappa shape index (κ3) is 2.12. The first-order chi connectivity index (χ1) is 10.2. The number of rotatable bonds is 2. The lowest BCUT2D eigenvalue weighted by Crippen LogP contribution is -2.01. The fourth-order valence-electron chi connectivity index (χ4n) is 2.27. The lowest BCUT2D eigenvalue weighted by molar-refractivity contribution is 0.419. The molecular formula is C15H11BrN4O. The minimum Gasteiger partial charge on any atom is -0.494 e. The van der Waals surface area contributed by atoms with Crippen LogP contribution in [0.3, 0.4) is 0 Å². The van der Waals surface area contributed by atoms with Crippen LogP contribution in [0, 0.1) is 11.3 Å². The van der Waals surface area contributed by atoms with Crippen molar-refractivity contribution in [3.05, 3.63) is 46.4 Å². The molecule has 3 rings (SSSR count). The molecule has 5 nitrogen and oxygen atoms in total. The van der Waals surface area contributed by atoms with E-state index in [9.17, 15) is 0 Å². The Bertz CT molecular complexity index is 879. The monoisotopic (exact) mass is 342 g/mol. The zero-order valence-corrected chi connectivity index (χ0v) is 12.8. The fourth-order valence-corrected chi connectivity index (χ4v) is 2.82. The molecule has 0 aliphatic rings. The fraction of sp³-hybridized carbons (Fsp3) is 0.0667. The molecule has 6 heteroatoms. The molecule has 104 valence electrons. The van der Waals surface area contributed by atoms with Crippen LogP contribution in [0.25, 0.3) is 16.7 Å². The zero-order valence-electron chi connectivity index (χ0n) is 11.2. The van der Waals surface area contributed by atoms with Crippen molar-refractivity contribution < 1.29 is 4.74 Å². The van der Waals surface area contributed by atoms with E-state index in [1.807, 2.05) is 28.8 Å². The second kappa shape index (κ2) is 5.11. The number of imidazole rings is 1. The zero-order chi connectivity index (χ0) is 15.0. The summed E-state index contributed by atoms with van der Waals surface area (Å²) in [4.78, 5) is 4.37. The van der Waals surface area contributed by atoms with Gasteiger partial charge in [0.2, 0.25) is 5.95 Å². The van der Waals surface area contributed by atoms with Gasteiger partial charge in [0.1, 0.15) is 11.3 Å². The van der Waals surface area contributed by atoms with Crippen LogP contribution in [0.5, 0.6) is 5.75 Å². The van der Waals surface area contributed by atoms with E-state index >= 15 is 0 Å². The van der Waals surface area contributed by atoms with Crippen molar-refractivity contribution >= 4 is 32.9 Å². The highest BCUT2D eigenvalue weighted by Crippen LogP contribution is 2.32. The maximum Gasteiger partial charge on any atom is 0.206 e. The molecule has 0 saturated heterocycles. The van der Waals surface area contributed by atoms with E-state index in [1.165, 1.54) is 0 Å². The summed E-state index contributed by atoms with van der Waals surface area (Å²) in [5, 5.41) is 8.95. The highest BCUT2D eigenvalue weighted by molar-refractivity contribution is 9.10. The number of anilines is 1. The van der Waals surface area contributed by atoms with Crippen molar-refractivity contribution in [1.82, 2.24) is 9.55 Å². The lowest BCUT2D eigenvalue weighted by Gasteiger charge is -2.09. The quantitative estimate of drug-likeness (QED) is 0.775. The second-order valence-electron chi connectivity index (χ2n) is 4.41. The molecule has 3 aromatic rings. The van der Waals surface area contributed by atoms with E-state index in [4.69, 9.17) is 15.7 Å². The van der Waals surface area contributed by atoms with Crippen LogP contribution in [0.15, 0.2) is 40.9 Å². The largest absolute Gasteiger partial charge is 0.494 e. The van der Waals surface area contributed by atoms with Crippen LogP contribution in [-0.2, 0) is 0 Å². The molecule has 0 unspecified atom stereocenters. The number of hydrogen-bond acceptors (Lipinski definition) is 4. The Hall–Kier alpha value is -2.52. The minimum atomic E-state index is 0.361. The molecular weight excluding hydrogens is 332 g/mol. The van der Waals surface area contributed by atoms with E-state index < -0.39 is 0 Å². The summed E-state index contributed by atoms with van der Waals surface area (Å²) in [5.74, 6) is 1.03. The predicted octanol–water partition coefficient (Wildman–Crippen LogP) is 3.25. The third-order valence-electron chi connectivity index (χ3n) is 3.21. The third-order valence-corrected chi connectivity index (χ3v) is 3.85. The molecule has 0 aliphatic heterocycles. The summed E-state index contributed by atoms with van der Waals surface area (Å²) in [6.45, 7) is 0. The maximum absolute atomic E-state index is 8.95. The number of nitrogens with two attached hydrogens (primary N) is 1. The molecule has 0 fully saturated rings. The number of nitrogen functional groups attached to an aromatic ring is 1. The van der Waals surface area contributed by atoms with E-state index in [0.717, 1.165) is 15.7 Å². The minimum absolute atomic E-state index is 0.361. The van der Waals surface area contributed by atoms with E-state index in [1.54, 1.807) is 19.2 Å². The molecule has 21 heavy (non-hydrogen) atoms. The van der Waals surface area contributed by atoms with Gasteiger partial charge in [0.05, 0.1) is 29.9 Å². The molecule has 0 aliphatic carbocycles. The van der Waals surface area contributed by atoms with Gasteiger partial charge in [-0.15, -0.1) is 0 Å². The number of fused-ring (bicyclic) bond motifs is 1. The normalized spacial score (nSPS) is 10.5. The number of hydrogen-bond donors (Lipinski definition) is 1. The first-order valence-electron chi connectivity index (χ1n) is 6.16. The highest BCUT2D eigenvalue weighted by atomic mass is 79.9. The van der Waals surface area contributed by atoms with E-state index in [2.05, 4.69) is 27.0 Å². The van der Waals surface area contributed by atoms with Gasteiger partial charge in [-0.2, -0.15) is 5.26 Å². The molecule has 0 amide bonds. The maximum atomic E-state index is 8.95. The Labute approximate surface area is 129 Å². The summed E-state index contributed by atoms with van der Waals surface area (Å²) < 4.78 is 7.91. The standard InChI is InChI=1S/C15H11BrN4O/c1-21-13-4-2-3-12-14(13)19-15(18)20(12)11-6-5-9(8-17)7-10(11)16/h2-7H,1H3,(H2,18,19). The number of methoxy groups -OCH3 is 1. The van der Waals surface area contributed by atoms with Gasteiger partial charge in [-0.05, 0) is 46.3 Å². The van der Waals surface area contributed by atoms with Crippen molar-refractivity contribution in [3.63, 3.8) is 0 Å². The van der Waals surface area contributed by atoms with Crippen LogP contribution in [0.4, 0.5) is 5.95 Å². The summed E-state index contributed by atoms with van der Waals surface area (Å²) in [6, 6.07) is 13.1. The Balaban J connectivity index is 2.31. The number of nitrogens with zero attached hydrogens (tertiary/aromatic N) is 3. The topological polar surface area (TPSA) is 76.9 Å². The average molecular weight is 343 g/mol. The van der Waals surface area contributed by atoms with E-state index in [0.29, 0.717) is 22.8 Å². The van der Waals surface area contributed by atoms with Gasteiger partial charge in [-0.25, -0.2) is 4.98 Å². The molecule has 1 aromatic heterocycles. The average Bonchev–Trinajstić information content (AvgIpc) is 2.83. The molecule has 2 aromatic carbocycles. The molecule has 0 saturated carbocycles. The van der Waals surface area contributed by atoms with Crippen LogP contribution in [-0.4, -0.2) is 16.7 Å². The number of benzene rings is 2. The summed E-state index contributed by atoms with van der Waals surface area (Å²) >= 11 is 3.48. The SMILES string of the molecule is COc1cccc2c1nc(N)n2-c1ccc(C#N)cc1Br. The number of halogens is 1. The Morgan fingerprint density at radius 1 is 1.33 bits per heavy atom. The van der Waals surface area contributed by atoms with Gasteiger partial charge in [-0.1, -0.05) is 6.07 Å². The highest BCUT2D eigenvalue weighted by Gasteiger charge is 2.15. The van der Waals surface area contributed by atoms with Gasteiger partial charge in [0.15, 0.2) is 0 Å². The van der Waals surface area contributed by atoms with Crippen LogP contribution in [0.2, 0.25) is 0 Å². The molecule has 2 N–H and O–H groups in total. The van der Waals surface area contributed by atoms with Crippen molar-refractivity contribution in [3.8, 4) is 17.5 Å². The smallest absolute Gasteiger partial charge is 0.206 e. The van der Waals surface area contributed by atoms with Gasteiger partial charge in [0.25, 0.3) is 0 Å². The first kappa shape index (κ1) is 13.5. The number of nitriles is 1. The Morgan fingerprint density at radius 2 is 2.14 bits per heavy atom. The summed E-state index contributed by atoms with van der Waals surface area (Å²) in [5.41, 5.74) is 9.00. The van der Waals surface area contributed by atoms with Crippen molar-refractivity contribution in [1.29, 1.82) is 5.26 Å². The molecule has 0 radical (unpaired) electrons. The van der Waals surface area contributed by atoms with Crippen LogP contribution < -0.4 is 10.5 Å². The van der Waals surface area contributed by atoms with Gasteiger partial charge in [0, 0.05) is 4.47 Å². The molecule has 0 spiro atoms. The van der Waals surface area contributed by atoms with E-state index in [-0.39, 0.29) is 0 Å². The Kier molecular flexibility index (Phi) is 3.28. The van der Waals surface area contributed by atoms with Gasteiger partial charge >= 0.3 is 0 Å². The molecule has 0 atom stereocenters. The lowest BCUT2D eigenvalue weighted by atomic mass is 10.2. The number of para-hydroxylation sites is 1. The second-order valence-corrected chi connectivity index (χ2v) is 5.27. The van der Waals surface area contributed by atoms with Gasteiger partial charge < -0.3 is 10.5 Å². The Morgan fingerprint density at radius 3 is 2.81 bits per heavy atom. The summed E-state index contributed by atoms with van der Waals surface area (Å²) in [7, 11) is 1.60. The molecule has 1 heterocycles. The number of aromatic nitrogens is 2. The first-order valence-corrected chi connectivity index (χ1v) is 6.96. The van der Waals surface area contributed by atoms with Crippen molar-refractivity contribution in [2.45, 2.75) is 0 Å². The number of ether oxygens (including phenoxy) is 1. The summed E-state index contributed by atoms with van der Waals surface area (Å²) in [6.07, 6.45) is 0. The van der Waals surface area contributed by atoms with Crippen molar-refractivity contribution in [2.24, 2.45) is 0 Å². The van der Waals surface area contributed by atoms with Crippen LogP contribution >= 0.6 is 15.9 Å². The van der Waals surface area contributed by atoms with Crippen LogP contribution in [0.1, 0.15) is 5.56 Å². The molecule has 0 bridgehead atoms.